The highest BCUT2D eigenvalue weighted by atomic mass is 16.5. The summed E-state index contributed by atoms with van der Waals surface area (Å²) in [6, 6.07) is 19.8. The van der Waals surface area contributed by atoms with Crippen molar-refractivity contribution in [1.82, 2.24) is 15.5 Å². The number of benzene rings is 2. The Balaban J connectivity index is 1.29. The van der Waals surface area contributed by atoms with E-state index in [1.54, 1.807) is 0 Å². The summed E-state index contributed by atoms with van der Waals surface area (Å²) in [4.78, 5) is 24.9. The second kappa shape index (κ2) is 11.8. The molecule has 0 aliphatic heterocycles. The van der Waals surface area contributed by atoms with E-state index in [0.29, 0.717) is 30.8 Å². The zero-order valence-corrected chi connectivity index (χ0v) is 24.7. The van der Waals surface area contributed by atoms with Crippen LogP contribution in [0.5, 0.6) is 0 Å². The molecule has 2 saturated carbocycles. The van der Waals surface area contributed by atoms with Crippen LogP contribution < -0.4 is 16.4 Å². The molecule has 42 heavy (non-hydrogen) atoms. The molecule has 2 amide bonds. The van der Waals surface area contributed by atoms with Crippen LogP contribution in [0.3, 0.4) is 0 Å². The predicted molar refractivity (Wildman–Crippen MR) is 162 cm³/mol. The van der Waals surface area contributed by atoms with Crippen molar-refractivity contribution in [2.45, 2.75) is 81.9 Å². The van der Waals surface area contributed by atoms with Gasteiger partial charge in [0.1, 0.15) is 5.69 Å². The summed E-state index contributed by atoms with van der Waals surface area (Å²) in [5.74, 6) is 0.538. The average molecular weight is 572 g/mol. The molecule has 0 saturated heterocycles. The van der Waals surface area contributed by atoms with Crippen molar-refractivity contribution < 1.29 is 19.4 Å². The summed E-state index contributed by atoms with van der Waals surface area (Å²) < 4.78 is 4.81. The fraction of sp³-hybridized carbons (Fsp3) is 0.455. The monoisotopic (exact) mass is 571 g/mol. The average Bonchev–Trinajstić information content (AvgIpc) is 2.97. The van der Waals surface area contributed by atoms with Gasteiger partial charge in [0.2, 0.25) is 5.91 Å². The molecule has 1 heterocycles. The Morgan fingerprint density at radius 2 is 1.69 bits per heavy atom. The summed E-state index contributed by atoms with van der Waals surface area (Å²) in [5.41, 5.74) is 9.42. The van der Waals surface area contributed by atoms with E-state index in [0.717, 1.165) is 54.4 Å². The fourth-order valence-corrected chi connectivity index (χ4v) is 6.70. The van der Waals surface area contributed by atoms with E-state index in [9.17, 15) is 14.7 Å². The Morgan fingerprint density at radius 1 is 1.02 bits per heavy atom. The lowest BCUT2D eigenvalue weighted by Gasteiger charge is -2.49. The molecular weight excluding hydrogens is 530 g/mol. The molecule has 0 radical (unpaired) electrons. The SMILES string of the molecule is CCC1(NC(=O)OC)CCC(CC(=O)Nc2cc(-c3ccccc3)c(-c3ccc(C4(N)CC(C)(O)C4)cc3)nn2)CC1. The fourth-order valence-electron chi connectivity index (χ4n) is 6.70. The number of carbonyl (C=O) groups is 2. The van der Waals surface area contributed by atoms with Crippen LogP contribution in [-0.2, 0) is 15.1 Å². The summed E-state index contributed by atoms with van der Waals surface area (Å²) in [7, 11) is 1.38. The highest BCUT2D eigenvalue weighted by Gasteiger charge is 2.49. The van der Waals surface area contributed by atoms with E-state index >= 15 is 0 Å². The lowest BCUT2D eigenvalue weighted by atomic mass is 9.63. The second-order valence-corrected chi connectivity index (χ2v) is 12.4. The number of methoxy groups -OCH3 is 1. The minimum absolute atomic E-state index is 0.0973. The summed E-state index contributed by atoms with van der Waals surface area (Å²) in [5, 5.41) is 25.1. The van der Waals surface area contributed by atoms with Gasteiger partial charge in [-0.05, 0) is 75.0 Å². The number of aliphatic hydroxyl groups is 1. The van der Waals surface area contributed by atoms with Gasteiger partial charge in [0.25, 0.3) is 0 Å². The lowest BCUT2D eigenvalue weighted by molar-refractivity contribution is -0.117. The molecule has 2 aromatic carbocycles. The van der Waals surface area contributed by atoms with Crippen LogP contribution in [0.25, 0.3) is 22.4 Å². The van der Waals surface area contributed by atoms with Gasteiger partial charge in [-0.3, -0.25) is 4.79 Å². The van der Waals surface area contributed by atoms with E-state index in [-0.39, 0.29) is 17.4 Å². The van der Waals surface area contributed by atoms with Crippen LogP contribution in [0.2, 0.25) is 0 Å². The number of rotatable bonds is 8. The Bertz CT molecular complexity index is 1410. The maximum atomic E-state index is 13.1. The standard InChI is InChI=1S/C33H41N5O4/c1-4-32(36-30(40)42-3)16-14-22(15-17-32)18-28(39)35-27-19-26(23-8-6-5-7-9-23)29(38-37-27)24-10-12-25(13-11-24)33(34)20-31(2,41)21-33/h5-13,19,22,41H,4,14-18,20-21,34H2,1-3H3,(H,36,40)(H,35,37,39). The van der Waals surface area contributed by atoms with Crippen LogP contribution in [-0.4, -0.2) is 45.6 Å². The van der Waals surface area contributed by atoms with Crippen molar-refractivity contribution >= 4 is 17.8 Å². The van der Waals surface area contributed by atoms with Crippen LogP contribution >= 0.6 is 0 Å². The van der Waals surface area contributed by atoms with Gasteiger partial charge in [-0.25, -0.2) is 4.79 Å². The topological polar surface area (TPSA) is 139 Å². The highest BCUT2D eigenvalue weighted by molar-refractivity contribution is 5.91. The maximum absolute atomic E-state index is 13.1. The zero-order valence-electron chi connectivity index (χ0n) is 24.7. The number of hydrogen-bond donors (Lipinski definition) is 4. The van der Waals surface area contributed by atoms with Crippen molar-refractivity contribution in [1.29, 1.82) is 0 Å². The van der Waals surface area contributed by atoms with Gasteiger partial charge < -0.3 is 26.2 Å². The van der Waals surface area contributed by atoms with Crippen LogP contribution in [0.4, 0.5) is 10.6 Å². The van der Waals surface area contributed by atoms with Crippen LogP contribution in [0.15, 0.2) is 60.7 Å². The van der Waals surface area contributed by atoms with Gasteiger partial charge in [0.15, 0.2) is 5.82 Å². The van der Waals surface area contributed by atoms with Gasteiger partial charge in [0, 0.05) is 28.6 Å². The number of aromatic nitrogens is 2. The molecule has 2 aliphatic carbocycles. The van der Waals surface area contributed by atoms with E-state index < -0.39 is 17.2 Å². The second-order valence-electron chi connectivity index (χ2n) is 12.4. The third kappa shape index (κ3) is 6.47. The van der Waals surface area contributed by atoms with Crippen molar-refractivity contribution in [2.24, 2.45) is 11.7 Å². The van der Waals surface area contributed by atoms with E-state index in [2.05, 4.69) is 27.8 Å². The molecule has 0 unspecified atom stereocenters. The molecular formula is C33H41N5O4. The Morgan fingerprint density at radius 3 is 2.29 bits per heavy atom. The van der Waals surface area contributed by atoms with Crippen LogP contribution in [0.1, 0.15) is 70.8 Å². The summed E-state index contributed by atoms with van der Waals surface area (Å²) in [6.45, 7) is 3.88. The molecule has 0 spiro atoms. The summed E-state index contributed by atoms with van der Waals surface area (Å²) >= 11 is 0. The highest BCUT2D eigenvalue weighted by Crippen LogP contribution is 2.46. The number of nitrogens with one attached hydrogen (secondary N) is 2. The van der Waals surface area contributed by atoms with E-state index in [4.69, 9.17) is 10.5 Å². The quantitative estimate of drug-likeness (QED) is 0.279. The van der Waals surface area contributed by atoms with Crippen molar-refractivity contribution in [3.8, 4) is 22.4 Å². The molecule has 9 heteroatoms. The first-order chi connectivity index (χ1) is 20.0. The van der Waals surface area contributed by atoms with Gasteiger partial charge in [-0.1, -0.05) is 61.5 Å². The van der Waals surface area contributed by atoms with Crippen molar-refractivity contribution in [3.05, 3.63) is 66.2 Å². The normalized spacial score (nSPS) is 27.0. The zero-order chi connectivity index (χ0) is 30.0. The van der Waals surface area contributed by atoms with Gasteiger partial charge >= 0.3 is 6.09 Å². The number of alkyl carbamates (subject to hydrolysis) is 1. The van der Waals surface area contributed by atoms with Gasteiger partial charge in [0.05, 0.1) is 12.7 Å². The maximum Gasteiger partial charge on any atom is 0.407 e. The summed E-state index contributed by atoms with van der Waals surface area (Å²) in [6.07, 6.45) is 5.17. The molecule has 5 N–H and O–H groups in total. The van der Waals surface area contributed by atoms with Gasteiger partial charge in [-0.15, -0.1) is 10.2 Å². The molecule has 2 fully saturated rings. The molecule has 1 aromatic heterocycles. The number of ether oxygens (including phenoxy) is 1. The van der Waals surface area contributed by atoms with Gasteiger partial charge in [-0.2, -0.15) is 0 Å². The van der Waals surface area contributed by atoms with Crippen molar-refractivity contribution in [2.75, 3.05) is 12.4 Å². The molecule has 5 rings (SSSR count). The number of amides is 2. The molecule has 222 valence electrons. The molecule has 3 aromatic rings. The lowest BCUT2D eigenvalue weighted by Crippen LogP contribution is -2.58. The van der Waals surface area contributed by atoms with Crippen LogP contribution in [0, 0.1) is 5.92 Å². The minimum Gasteiger partial charge on any atom is -0.453 e. The number of carbonyl (C=O) groups excluding carboxylic acids is 2. The first-order valence-corrected chi connectivity index (χ1v) is 14.7. The largest absolute Gasteiger partial charge is 0.453 e. The minimum atomic E-state index is -0.724. The smallest absolute Gasteiger partial charge is 0.407 e. The third-order valence-corrected chi connectivity index (χ3v) is 9.04. The number of hydrogen-bond acceptors (Lipinski definition) is 7. The van der Waals surface area contributed by atoms with Crippen molar-refractivity contribution in [3.63, 3.8) is 0 Å². The molecule has 2 aliphatic rings. The Labute approximate surface area is 247 Å². The Hall–Kier alpha value is -3.82. The molecule has 9 nitrogen and oxygen atoms in total. The number of nitrogens with two attached hydrogens (primary N) is 1. The first-order valence-electron chi connectivity index (χ1n) is 14.7. The predicted octanol–water partition coefficient (Wildman–Crippen LogP) is 5.53. The molecule has 0 atom stereocenters. The number of anilines is 1. The number of nitrogens with zero attached hydrogens (tertiary/aromatic N) is 2. The van der Waals surface area contributed by atoms with E-state index in [1.807, 2.05) is 67.6 Å². The first kappa shape index (κ1) is 29.7. The molecule has 0 bridgehead atoms. The van der Waals surface area contributed by atoms with E-state index in [1.165, 1.54) is 7.11 Å². The third-order valence-electron chi connectivity index (χ3n) is 9.04. The Kier molecular flexibility index (Phi) is 8.35.